The van der Waals surface area contributed by atoms with Crippen LogP contribution in [0, 0.1) is 0 Å². The second kappa shape index (κ2) is 6.91. The first-order valence-electron chi connectivity index (χ1n) is 5.82. The van der Waals surface area contributed by atoms with E-state index in [1.54, 1.807) is 20.2 Å². The van der Waals surface area contributed by atoms with E-state index in [-0.39, 0.29) is 12.1 Å². The molecule has 1 aromatic rings. The highest BCUT2D eigenvalue weighted by molar-refractivity contribution is 5.85. The molecule has 0 radical (unpaired) electrons. The van der Waals surface area contributed by atoms with Gasteiger partial charge < -0.3 is 9.47 Å². The number of aliphatic imine (C=N–C) groups is 1. The maximum absolute atomic E-state index is 11.2. The Hall–Kier alpha value is -1.68. The number of methoxy groups -OCH3 is 2. The van der Waals surface area contributed by atoms with Crippen LogP contribution in [-0.4, -0.2) is 32.4 Å². The molecule has 0 aliphatic rings. The zero-order valence-electron chi connectivity index (χ0n) is 11.2. The predicted octanol–water partition coefficient (Wildman–Crippen LogP) is 2.37. The average molecular weight is 249 g/mol. The van der Waals surface area contributed by atoms with Gasteiger partial charge in [0, 0.05) is 13.3 Å². The summed E-state index contributed by atoms with van der Waals surface area (Å²) in [6.45, 7) is 3.67. The molecule has 1 aromatic carbocycles. The van der Waals surface area contributed by atoms with Crippen molar-refractivity contribution in [2.45, 2.75) is 26.0 Å². The van der Waals surface area contributed by atoms with Gasteiger partial charge in [0.2, 0.25) is 0 Å². The first-order chi connectivity index (χ1) is 8.60. The third-order valence-electron chi connectivity index (χ3n) is 2.77. The normalized spacial score (nSPS) is 14.4. The molecule has 0 aliphatic heterocycles. The lowest BCUT2D eigenvalue weighted by Crippen LogP contribution is -2.16. The molecular weight excluding hydrogens is 230 g/mol. The molecule has 98 valence electrons. The van der Waals surface area contributed by atoms with E-state index in [0.29, 0.717) is 0 Å². The molecule has 18 heavy (non-hydrogen) atoms. The summed E-state index contributed by atoms with van der Waals surface area (Å²) in [7, 11) is 3.02. The summed E-state index contributed by atoms with van der Waals surface area (Å²) in [6, 6.07) is 7.31. The summed E-state index contributed by atoms with van der Waals surface area (Å²) in [6.07, 6.45) is 1.67. The van der Waals surface area contributed by atoms with Crippen molar-refractivity contribution in [1.82, 2.24) is 0 Å². The Morgan fingerprint density at radius 2 is 1.94 bits per heavy atom. The molecule has 0 saturated carbocycles. The number of hydrogen-bond acceptors (Lipinski definition) is 4. The number of carbonyl (C=O) groups is 1. The first-order valence-corrected chi connectivity index (χ1v) is 5.82. The van der Waals surface area contributed by atoms with E-state index in [1.165, 1.54) is 7.11 Å². The van der Waals surface area contributed by atoms with Gasteiger partial charge >= 0.3 is 5.97 Å². The smallest absolute Gasteiger partial charge is 0.330 e. The number of esters is 1. The molecule has 0 aliphatic carbocycles. The Bertz CT molecular complexity index is 429. The predicted molar refractivity (Wildman–Crippen MR) is 70.9 cm³/mol. The van der Waals surface area contributed by atoms with Crippen LogP contribution >= 0.6 is 0 Å². The highest BCUT2D eigenvalue weighted by Gasteiger charge is 2.11. The van der Waals surface area contributed by atoms with Gasteiger partial charge in [-0.25, -0.2) is 4.79 Å². The van der Waals surface area contributed by atoms with Crippen molar-refractivity contribution in [2.75, 3.05) is 14.2 Å². The maximum Gasteiger partial charge on any atom is 0.330 e. The molecule has 0 aromatic heterocycles. The summed E-state index contributed by atoms with van der Waals surface area (Å²) in [5.41, 5.74) is 1.99. The summed E-state index contributed by atoms with van der Waals surface area (Å²) < 4.78 is 9.92. The van der Waals surface area contributed by atoms with Gasteiger partial charge in [0.1, 0.15) is 6.04 Å². The lowest BCUT2D eigenvalue weighted by Gasteiger charge is -2.12. The third-order valence-corrected chi connectivity index (χ3v) is 2.77. The van der Waals surface area contributed by atoms with Crippen LogP contribution < -0.4 is 0 Å². The van der Waals surface area contributed by atoms with Gasteiger partial charge in [-0.1, -0.05) is 24.3 Å². The molecule has 1 rings (SSSR count). The number of ether oxygens (including phenoxy) is 2. The van der Waals surface area contributed by atoms with Crippen molar-refractivity contribution in [1.29, 1.82) is 0 Å². The molecule has 0 fully saturated rings. The van der Waals surface area contributed by atoms with Crippen LogP contribution in [0.2, 0.25) is 0 Å². The minimum Gasteiger partial charge on any atom is -0.467 e. The molecular formula is C14H19NO3. The SMILES string of the molecule is COC(=O)C(C)N=Cc1ccccc1C(C)OC. The van der Waals surface area contributed by atoms with Crippen molar-refractivity contribution in [3.63, 3.8) is 0 Å². The van der Waals surface area contributed by atoms with Gasteiger partial charge in [0.25, 0.3) is 0 Å². The van der Waals surface area contributed by atoms with Crippen molar-refractivity contribution in [3.8, 4) is 0 Å². The van der Waals surface area contributed by atoms with Gasteiger partial charge in [-0.15, -0.1) is 0 Å². The van der Waals surface area contributed by atoms with Crippen molar-refractivity contribution < 1.29 is 14.3 Å². The minimum atomic E-state index is -0.499. The summed E-state index contributed by atoms with van der Waals surface area (Å²) in [5.74, 6) is -0.344. The zero-order chi connectivity index (χ0) is 13.5. The second-order valence-electron chi connectivity index (χ2n) is 3.98. The second-order valence-corrected chi connectivity index (χ2v) is 3.98. The van der Waals surface area contributed by atoms with Gasteiger partial charge in [-0.2, -0.15) is 0 Å². The van der Waals surface area contributed by atoms with Crippen LogP contribution in [0.15, 0.2) is 29.3 Å². The first kappa shape index (κ1) is 14.4. The molecule has 0 N–H and O–H groups in total. The third kappa shape index (κ3) is 3.67. The fourth-order valence-electron chi connectivity index (χ4n) is 1.55. The zero-order valence-corrected chi connectivity index (χ0v) is 11.2. The topological polar surface area (TPSA) is 47.9 Å². The van der Waals surface area contributed by atoms with E-state index in [0.717, 1.165) is 11.1 Å². The largest absolute Gasteiger partial charge is 0.467 e. The lowest BCUT2D eigenvalue weighted by molar-refractivity contribution is -0.141. The van der Waals surface area contributed by atoms with E-state index in [2.05, 4.69) is 9.73 Å². The van der Waals surface area contributed by atoms with Gasteiger partial charge in [0.05, 0.1) is 13.2 Å². The van der Waals surface area contributed by atoms with Crippen molar-refractivity contribution in [3.05, 3.63) is 35.4 Å². The highest BCUT2D eigenvalue weighted by atomic mass is 16.5. The number of hydrogen-bond donors (Lipinski definition) is 0. The summed E-state index contributed by atoms with van der Waals surface area (Å²) >= 11 is 0. The van der Waals surface area contributed by atoms with Gasteiger partial charge in [0.15, 0.2) is 0 Å². The Labute approximate surface area is 108 Å². The quantitative estimate of drug-likeness (QED) is 0.594. The molecule has 4 nitrogen and oxygen atoms in total. The fraction of sp³-hybridized carbons (Fsp3) is 0.429. The van der Waals surface area contributed by atoms with Crippen LogP contribution in [0.4, 0.5) is 0 Å². The summed E-state index contributed by atoms with van der Waals surface area (Å²) in [4.78, 5) is 15.4. The number of nitrogens with zero attached hydrogens (tertiary/aromatic N) is 1. The standard InChI is InChI=1S/C14H19NO3/c1-10(14(16)18-4)15-9-12-7-5-6-8-13(12)11(2)17-3/h5-11H,1-4H3. The van der Waals surface area contributed by atoms with E-state index >= 15 is 0 Å². The molecule has 2 unspecified atom stereocenters. The van der Waals surface area contributed by atoms with Crippen LogP contribution in [-0.2, 0) is 14.3 Å². The molecule has 0 spiro atoms. The lowest BCUT2D eigenvalue weighted by atomic mass is 10.0. The molecule has 4 heteroatoms. The molecule has 0 saturated heterocycles. The van der Waals surface area contributed by atoms with Crippen LogP contribution in [0.1, 0.15) is 31.1 Å². The van der Waals surface area contributed by atoms with Crippen molar-refractivity contribution >= 4 is 12.2 Å². The highest BCUT2D eigenvalue weighted by Crippen LogP contribution is 2.19. The Morgan fingerprint density at radius 1 is 1.28 bits per heavy atom. The Kier molecular flexibility index (Phi) is 5.52. The molecule has 0 heterocycles. The number of benzene rings is 1. The number of rotatable bonds is 5. The average Bonchev–Trinajstić information content (AvgIpc) is 2.43. The monoisotopic (exact) mass is 249 g/mol. The van der Waals surface area contributed by atoms with Gasteiger partial charge in [-0.05, 0) is 25.0 Å². The van der Waals surface area contributed by atoms with E-state index in [9.17, 15) is 4.79 Å². The van der Waals surface area contributed by atoms with Gasteiger partial charge in [-0.3, -0.25) is 4.99 Å². The molecule has 0 amide bonds. The van der Waals surface area contributed by atoms with Crippen LogP contribution in [0.5, 0.6) is 0 Å². The fourth-order valence-corrected chi connectivity index (χ4v) is 1.55. The Balaban J connectivity index is 2.90. The van der Waals surface area contributed by atoms with E-state index in [4.69, 9.17) is 4.74 Å². The van der Waals surface area contributed by atoms with Crippen LogP contribution in [0.3, 0.4) is 0 Å². The van der Waals surface area contributed by atoms with E-state index < -0.39 is 6.04 Å². The van der Waals surface area contributed by atoms with Crippen molar-refractivity contribution in [2.24, 2.45) is 4.99 Å². The molecule has 2 atom stereocenters. The summed E-state index contributed by atoms with van der Waals surface area (Å²) in [5, 5.41) is 0. The van der Waals surface area contributed by atoms with Crippen LogP contribution in [0.25, 0.3) is 0 Å². The minimum absolute atomic E-state index is 0.0129. The maximum atomic E-state index is 11.2. The number of carbonyl (C=O) groups excluding carboxylic acids is 1. The van der Waals surface area contributed by atoms with E-state index in [1.807, 2.05) is 31.2 Å². The Morgan fingerprint density at radius 3 is 2.56 bits per heavy atom. The molecule has 0 bridgehead atoms.